The average Bonchev–Trinajstić information content (AvgIpc) is 2.38. The van der Waals surface area contributed by atoms with Crippen LogP contribution >= 0.6 is 0 Å². The van der Waals surface area contributed by atoms with E-state index < -0.39 is 18.1 Å². The quantitative estimate of drug-likeness (QED) is 0.863. The predicted octanol–water partition coefficient (Wildman–Crippen LogP) is 2.00. The minimum absolute atomic E-state index is 0.163. The number of esters is 1. The van der Waals surface area contributed by atoms with Gasteiger partial charge in [-0.1, -0.05) is 6.07 Å². The van der Waals surface area contributed by atoms with Crippen LogP contribution in [0.5, 0.6) is 0 Å². The first-order chi connectivity index (χ1) is 9.25. The van der Waals surface area contributed by atoms with Gasteiger partial charge in [0.1, 0.15) is 0 Å². The second-order valence-electron chi connectivity index (χ2n) is 4.14. The summed E-state index contributed by atoms with van der Waals surface area (Å²) in [5, 5.41) is 1.78. The van der Waals surface area contributed by atoms with E-state index in [0.717, 1.165) is 5.56 Å². The Morgan fingerprint density at radius 3 is 2.50 bits per heavy atom. The molecular weight excluding hydrogens is 275 g/mol. The summed E-state index contributed by atoms with van der Waals surface area (Å²) in [7, 11) is 1.24. The second kappa shape index (κ2) is 6.40. The van der Waals surface area contributed by atoms with E-state index >= 15 is 0 Å². The fourth-order valence-electron chi connectivity index (χ4n) is 1.60. The summed E-state index contributed by atoms with van der Waals surface area (Å²) in [6, 6.07) is 4.78. The highest BCUT2D eigenvalue weighted by Crippen LogP contribution is 2.15. The largest absolute Gasteiger partial charge is 0.471 e. The third-order valence-corrected chi connectivity index (χ3v) is 2.71. The van der Waals surface area contributed by atoms with Gasteiger partial charge in [0.25, 0.3) is 0 Å². The van der Waals surface area contributed by atoms with E-state index in [-0.39, 0.29) is 13.0 Å². The highest BCUT2D eigenvalue weighted by Gasteiger charge is 2.38. The number of methoxy groups -OCH3 is 1. The zero-order chi connectivity index (χ0) is 15.3. The number of carbonyl (C=O) groups is 2. The molecule has 0 fully saturated rings. The SMILES string of the molecule is COC(=O)c1ccc(C)c(CCNC(=O)C(F)(F)F)c1. The number of rotatable bonds is 4. The summed E-state index contributed by atoms with van der Waals surface area (Å²) in [6.07, 6.45) is -4.69. The summed E-state index contributed by atoms with van der Waals surface area (Å²) >= 11 is 0. The molecule has 0 bridgehead atoms. The van der Waals surface area contributed by atoms with Gasteiger partial charge in [-0.05, 0) is 36.6 Å². The molecule has 0 aromatic heterocycles. The smallest absolute Gasteiger partial charge is 0.465 e. The van der Waals surface area contributed by atoms with Gasteiger partial charge in [0.2, 0.25) is 0 Å². The molecule has 0 saturated heterocycles. The molecule has 0 heterocycles. The monoisotopic (exact) mass is 289 g/mol. The number of ether oxygens (including phenoxy) is 1. The van der Waals surface area contributed by atoms with Crippen LogP contribution in [0.1, 0.15) is 21.5 Å². The Labute approximate surface area is 113 Å². The Morgan fingerprint density at radius 1 is 1.30 bits per heavy atom. The molecule has 0 aliphatic heterocycles. The van der Waals surface area contributed by atoms with Crippen molar-refractivity contribution in [3.05, 3.63) is 34.9 Å². The summed E-state index contributed by atoms with van der Waals surface area (Å²) in [5.74, 6) is -2.50. The molecule has 1 N–H and O–H groups in total. The Balaban J connectivity index is 2.68. The third-order valence-electron chi connectivity index (χ3n) is 2.71. The lowest BCUT2D eigenvalue weighted by atomic mass is 10.0. The number of hydrogen-bond acceptors (Lipinski definition) is 3. The molecule has 0 saturated carbocycles. The fourth-order valence-corrected chi connectivity index (χ4v) is 1.60. The molecule has 0 spiro atoms. The van der Waals surface area contributed by atoms with Crippen LogP contribution in [0.4, 0.5) is 13.2 Å². The normalized spacial score (nSPS) is 11.1. The Kier molecular flexibility index (Phi) is 5.12. The third kappa shape index (κ3) is 4.25. The van der Waals surface area contributed by atoms with E-state index in [9.17, 15) is 22.8 Å². The van der Waals surface area contributed by atoms with Crippen LogP contribution < -0.4 is 5.32 Å². The number of amides is 1. The van der Waals surface area contributed by atoms with Crippen LogP contribution in [0.15, 0.2) is 18.2 Å². The van der Waals surface area contributed by atoms with Crippen LogP contribution in [-0.4, -0.2) is 31.7 Å². The maximum absolute atomic E-state index is 12.0. The van der Waals surface area contributed by atoms with Crippen molar-refractivity contribution in [1.29, 1.82) is 0 Å². The van der Waals surface area contributed by atoms with Crippen LogP contribution in [0.25, 0.3) is 0 Å². The molecule has 110 valence electrons. The van der Waals surface area contributed by atoms with Crippen molar-refractivity contribution >= 4 is 11.9 Å². The highest BCUT2D eigenvalue weighted by molar-refractivity contribution is 5.89. The van der Waals surface area contributed by atoms with Gasteiger partial charge in [-0.2, -0.15) is 13.2 Å². The lowest BCUT2D eigenvalue weighted by Crippen LogP contribution is -2.37. The van der Waals surface area contributed by atoms with E-state index in [2.05, 4.69) is 4.74 Å². The van der Waals surface area contributed by atoms with Crippen LogP contribution in [0.3, 0.4) is 0 Å². The Morgan fingerprint density at radius 2 is 1.95 bits per heavy atom. The van der Waals surface area contributed by atoms with Gasteiger partial charge in [0, 0.05) is 6.54 Å². The van der Waals surface area contributed by atoms with Crippen LogP contribution in [0, 0.1) is 6.92 Å². The maximum atomic E-state index is 12.0. The molecule has 0 radical (unpaired) electrons. The molecular formula is C13H14F3NO3. The molecule has 0 unspecified atom stereocenters. The van der Waals surface area contributed by atoms with Crippen LogP contribution in [0.2, 0.25) is 0 Å². The first-order valence-electron chi connectivity index (χ1n) is 5.78. The number of halogens is 3. The maximum Gasteiger partial charge on any atom is 0.471 e. The predicted molar refractivity (Wildman–Crippen MR) is 65.3 cm³/mol. The number of hydrogen-bond donors (Lipinski definition) is 1. The van der Waals surface area contributed by atoms with Crippen molar-refractivity contribution in [2.45, 2.75) is 19.5 Å². The van der Waals surface area contributed by atoms with Gasteiger partial charge in [-0.25, -0.2) is 4.79 Å². The molecule has 0 atom stereocenters. The van der Waals surface area contributed by atoms with Crippen molar-refractivity contribution < 1.29 is 27.5 Å². The fraction of sp³-hybridized carbons (Fsp3) is 0.385. The van der Waals surface area contributed by atoms with Crippen molar-refractivity contribution in [2.24, 2.45) is 0 Å². The molecule has 1 rings (SSSR count). The summed E-state index contributed by atoms with van der Waals surface area (Å²) < 4.78 is 40.6. The zero-order valence-corrected chi connectivity index (χ0v) is 11.0. The van der Waals surface area contributed by atoms with Gasteiger partial charge < -0.3 is 10.1 Å². The highest BCUT2D eigenvalue weighted by atomic mass is 19.4. The summed E-state index contributed by atoms with van der Waals surface area (Å²) in [4.78, 5) is 22.0. The van der Waals surface area contributed by atoms with Gasteiger partial charge in [0.15, 0.2) is 0 Å². The van der Waals surface area contributed by atoms with Crippen molar-refractivity contribution in [1.82, 2.24) is 5.32 Å². The standard InChI is InChI=1S/C13H14F3NO3/c1-8-3-4-10(11(18)20-2)7-9(8)5-6-17-12(19)13(14,15)16/h3-4,7H,5-6H2,1-2H3,(H,17,19). The molecule has 0 aliphatic carbocycles. The van der Waals surface area contributed by atoms with Crippen molar-refractivity contribution in [3.8, 4) is 0 Å². The first kappa shape index (κ1) is 16.0. The molecule has 1 aromatic rings. The van der Waals surface area contributed by atoms with Crippen molar-refractivity contribution in [3.63, 3.8) is 0 Å². The van der Waals surface area contributed by atoms with Gasteiger partial charge in [0.05, 0.1) is 12.7 Å². The molecule has 20 heavy (non-hydrogen) atoms. The summed E-state index contributed by atoms with van der Waals surface area (Å²) in [6.45, 7) is 1.60. The number of alkyl halides is 3. The lowest BCUT2D eigenvalue weighted by molar-refractivity contribution is -0.173. The second-order valence-corrected chi connectivity index (χ2v) is 4.14. The first-order valence-corrected chi connectivity index (χ1v) is 5.78. The minimum Gasteiger partial charge on any atom is -0.465 e. The molecule has 0 aliphatic rings. The van der Waals surface area contributed by atoms with E-state index in [1.165, 1.54) is 7.11 Å². The molecule has 1 aromatic carbocycles. The number of aryl methyl sites for hydroxylation is 1. The number of carbonyl (C=O) groups excluding carboxylic acids is 2. The van der Waals surface area contributed by atoms with Crippen molar-refractivity contribution in [2.75, 3.05) is 13.7 Å². The number of nitrogens with one attached hydrogen (secondary N) is 1. The average molecular weight is 289 g/mol. The summed E-state index contributed by atoms with van der Waals surface area (Å²) in [5.41, 5.74) is 1.81. The Hall–Kier alpha value is -2.05. The van der Waals surface area contributed by atoms with Gasteiger partial charge >= 0.3 is 18.1 Å². The van der Waals surface area contributed by atoms with E-state index in [1.807, 2.05) is 0 Å². The van der Waals surface area contributed by atoms with Gasteiger partial charge in [-0.3, -0.25) is 4.79 Å². The topological polar surface area (TPSA) is 55.4 Å². The van der Waals surface area contributed by atoms with E-state index in [4.69, 9.17) is 0 Å². The number of benzene rings is 1. The van der Waals surface area contributed by atoms with Gasteiger partial charge in [-0.15, -0.1) is 0 Å². The van der Waals surface area contributed by atoms with Crippen LogP contribution in [-0.2, 0) is 16.0 Å². The van der Waals surface area contributed by atoms with E-state index in [1.54, 1.807) is 30.4 Å². The molecule has 7 heteroatoms. The lowest BCUT2D eigenvalue weighted by Gasteiger charge is -2.10. The molecule has 4 nitrogen and oxygen atoms in total. The Bertz CT molecular complexity index is 512. The van der Waals surface area contributed by atoms with E-state index in [0.29, 0.717) is 11.1 Å². The minimum atomic E-state index is -4.89. The zero-order valence-electron chi connectivity index (χ0n) is 11.0. The molecule has 1 amide bonds.